The number of alkyl halides is 18. The van der Waals surface area contributed by atoms with E-state index in [1.807, 2.05) is 81.7 Å². The Balaban J connectivity index is 0.000000189. The standard InChI is InChI=1S/3C26H34F6N4O4/c1-18-3-4-19(20(15-18)34-9-6-24(7-10-34)5-2-8-36(24)17-21(37)38)16-33-11-13-35(14-12-33)23(39)40-22(25(27,28)29)26(30,31)32;1-18-2-3-19(20(14-18)35-8-5-24(6-9-35)4-7-34(17-24)16-21(37)38)15-33-10-12-36(13-11-33)23(39)40-22(25(27,28)29)26(30,31)32;1-18-2-3-19(20(14-18)36-9-6-24(17-36)4-7-33(8-5-24)16-21(37)38)15-34-10-12-35(13-11-34)23(39)40-22(25(27,28)29)26(30,31)32/h3-4,15,22H,2,5-14,16-17H2,1H3,(H,37,38);2*2-3,14,22H,4-13,15-17H2,1H3,(H,37,38). The SMILES string of the molecule is Cc1ccc(CN2CCN(C(=O)OC(C(F)(F)F)C(F)(F)F)CC2)c(N2CCC3(CCCN3CC(=O)O)CC2)c1.Cc1ccc(CN2CCN(C(=O)OC(C(F)(F)F)C(F)(F)F)CC2)c(N2CCC3(CCN(CC(=O)O)C3)CC2)c1.Cc1ccc(CN2CCN(C(=O)OC(C(F)(F)F)C(F)(F)F)CC2)c(N2CCC3(CCN(CC(=O)O)CC3)C2)c1. The molecule has 3 aromatic rings. The van der Waals surface area contributed by atoms with Gasteiger partial charge in [-0.15, -0.1) is 0 Å². The smallest absolute Gasteiger partial charge is 0.434 e. The second-order valence-corrected chi connectivity index (χ2v) is 33.0. The van der Waals surface area contributed by atoms with Gasteiger partial charge in [-0.3, -0.25) is 43.8 Å². The Bertz CT molecular complexity index is 3950. The average molecular weight is 1740 g/mol. The van der Waals surface area contributed by atoms with E-state index in [9.17, 15) is 113 Å². The number of amides is 3. The number of aliphatic carboxylic acids is 3. The van der Waals surface area contributed by atoms with E-state index in [0.717, 1.165) is 201 Å². The van der Waals surface area contributed by atoms with E-state index in [-0.39, 0.29) is 115 Å². The van der Waals surface area contributed by atoms with E-state index in [1.54, 1.807) is 0 Å². The number of likely N-dealkylation sites (tertiary alicyclic amines) is 3. The Morgan fingerprint density at radius 2 is 0.617 bits per heavy atom. The molecule has 9 fully saturated rings. The number of carbonyl (C=O) groups excluding carboxylic acids is 3. The Morgan fingerprint density at radius 1 is 0.333 bits per heavy atom. The van der Waals surface area contributed by atoms with Crippen LogP contribution in [-0.2, 0) is 48.2 Å². The Hall–Kier alpha value is -8.22. The maximum absolute atomic E-state index is 12.8. The summed E-state index contributed by atoms with van der Waals surface area (Å²) in [5.74, 6) is -2.46. The molecule has 12 rings (SSSR count). The Kier molecular flexibility index (Phi) is 30.0. The predicted molar refractivity (Wildman–Crippen MR) is 399 cm³/mol. The minimum atomic E-state index is -5.75. The number of nitrogens with zero attached hydrogens (tertiary/aromatic N) is 12. The lowest BCUT2D eigenvalue weighted by atomic mass is 9.77. The average Bonchev–Trinajstić information content (AvgIpc) is 0.942. The maximum atomic E-state index is 12.8. The van der Waals surface area contributed by atoms with Crippen molar-refractivity contribution in [2.75, 3.05) is 185 Å². The molecule has 42 heteroatoms. The molecule has 0 unspecified atom stereocenters. The number of carboxylic acid groups (broad SMARTS) is 3. The fourth-order valence-electron chi connectivity index (χ4n) is 17.8. The molecule has 3 aromatic carbocycles. The van der Waals surface area contributed by atoms with Crippen LogP contribution in [0.3, 0.4) is 0 Å². The summed E-state index contributed by atoms with van der Waals surface area (Å²) < 4.78 is 241. The molecule has 3 amide bonds. The van der Waals surface area contributed by atoms with Crippen LogP contribution in [0.4, 0.5) is 110 Å². The molecule has 24 nitrogen and oxygen atoms in total. The van der Waals surface area contributed by atoms with E-state index in [0.29, 0.717) is 19.6 Å². The minimum absolute atomic E-state index is 0.0439. The lowest BCUT2D eigenvalue weighted by Gasteiger charge is -2.46. The van der Waals surface area contributed by atoms with Gasteiger partial charge in [0.1, 0.15) is 0 Å². The van der Waals surface area contributed by atoms with E-state index in [2.05, 4.69) is 52.0 Å². The molecule has 9 heterocycles. The van der Waals surface area contributed by atoms with Crippen molar-refractivity contribution in [1.82, 2.24) is 44.1 Å². The van der Waals surface area contributed by atoms with Crippen LogP contribution < -0.4 is 14.7 Å². The van der Waals surface area contributed by atoms with Crippen LogP contribution in [0.1, 0.15) is 97.6 Å². The topological polar surface area (TPSA) is 230 Å². The van der Waals surface area contributed by atoms with Gasteiger partial charge in [0.05, 0.1) is 19.6 Å². The summed E-state index contributed by atoms with van der Waals surface area (Å²) >= 11 is 0. The van der Waals surface area contributed by atoms with Crippen molar-refractivity contribution >= 4 is 53.2 Å². The van der Waals surface area contributed by atoms with Crippen molar-refractivity contribution in [2.24, 2.45) is 10.8 Å². The summed E-state index contributed by atoms with van der Waals surface area (Å²) in [6.45, 7) is 17.7. The van der Waals surface area contributed by atoms with Crippen LogP contribution in [0.25, 0.3) is 0 Å². The third kappa shape index (κ3) is 25.0. The van der Waals surface area contributed by atoms with Crippen LogP contribution in [0.2, 0.25) is 0 Å². The molecule has 0 radical (unpaired) electrons. The van der Waals surface area contributed by atoms with Crippen molar-refractivity contribution in [2.45, 2.75) is 166 Å². The minimum Gasteiger partial charge on any atom is -0.480 e. The lowest BCUT2D eigenvalue weighted by molar-refractivity contribution is -0.309. The highest BCUT2D eigenvalue weighted by Crippen LogP contribution is 2.47. The first-order valence-electron chi connectivity index (χ1n) is 39.8. The lowest BCUT2D eigenvalue weighted by Crippen LogP contribution is -2.53. The molecule has 9 aliphatic rings. The third-order valence-electron chi connectivity index (χ3n) is 24.4. The largest absolute Gasteiger partial charge is 0.480 e. The Labute approximate surface area is 681 Å². The van der Waals surface area contributed by atoms with E-state index in [4.69, 9.17) is 10.2 Å². The van der Waals surface area contributed by atoms with Gasteiger partial charge in [0.25, 0.3) is 18.3 Å². The number of piperidine rings is 3. The number of piperazine rings is 3. The van der Waals surface area contributed by atoms with Crippen molar-refractivity contribution in [1.29, 1.82) is 0 Å². The number of carboxylic acids is 3. The van der Waals surface area contributed by atoms with Crippen molar-refractivity contribution in [3.8, 4) is 0 Å². The molecule has 672 valence electrons. The summed E-state index contributed by atoms with van der Waals surface area (Å²) in [4.78, 5) is 91.5. The summed E-state index contributed by atoms with van der Waals surface area (Å²) in [6, 6.07) is 18.4. The summed E-state index contributed by atoms with van der Waals surface area (Å²) in [5, 5.41) is 27.5. The fourth-order valence-corrected chi connectivity index (χ4v) is 17.8. The zero-order valence-corrected chi connectivity index (χ0v) is 66.7. The van der Waals surface area contributed by atoms with Gasteiger partial charge in [-0.05, 0) is 174 Å². The monoisotopic (exact) mass is 1740 g/mol. The molecule has 0 atom stereocenters. The second kappa shape index (κ2) is 38.3. The number of anilines is 3. The summed E-state index contributed by atoms with van der Waals surface area (Å²) in [5.41, 5.74) is 9.76. The zero-order valence-electron chi connectivity index (χ0n) is 66.7. The molecular formula is C78H102F18N12O12. The fraction of sp³-hybridized carbons (Fsp3) is 0.692. The van der Waals surface area contributed by atoms with Crippen molar-refractivity contribution < 1.29 is 137 Å². The van der Waals surface area contributed by atoms with Gasteiger partial charge in [0.15, 0.2) is 0 Å². The number of rotatable bonds is 18. The highest BCUT2D eigenvalue weighted by atomic mass is 19.4. The van der Waals surface area contributed by atoms with Crippen LogP contribution in [0, 0.1) is 31.6 Å². The number of carbonyl (C=O) groups is 6. The molecule has 0 aliphatic carbocycles. The number of halogens is 18. The normalized spacial score (nSPS) is 20.9. The molecular weight excluding hydrogens is 1640 g/mol. The first-order valence-corrected chi connectivity index (χ1v) is 39.8. The number of benzene rings is 3. The van der Waals surface area contributed by atoms with Crippen LogP contribution in [-0.4, -0.2) is 327 Å². The number of hydrogen-bond donors (Lipinski definition) is 3. The number of aryl methyl sites for hydroxylation is 3. The number of hydrogen-bond acceptors (Lipinski definition) is 18. The molecule has 0 bridgehead atoms. The van der Waals surface area contributed by atoms with Gasteiger partial charge in [0.2, 0.25) is 0 Å². The molecule has 0 aromatic heterocycles. The van der Waals surface area contributed by atoms with Gasteiger partial charge >= 0.3 is 73.2 Å². The predicted octanol–water partition coefficient (Wildman–Crippen LogP) is 12.5. The third-order valence-corrected chi connectivity index (χ3v) is 24.4. The van der Waals surface area contributed by atoms with Gasteiger partial charge in [-0.1, -0.05) is 36.4 Å². The molecule has 3 N–H and O–H groups in total. The molecule has 0 saturated carbocycles. The van der Waals surface area contributed by atoms with Crippen molar-refractivity contribution in [3.63, 3.8) is 0 Å². The van der Waals surface area contributed by atoms with Crippen LogP contribution >= 0.6 is 0 Å². The molecule has 9 saturated heterocycles. The van der Waals surface area contributed by atoms with Gasteiger partial charge in [-0.2, -0.15) is 79.0 Å². The highest BCUT2D eigenvalue weighted by Gasteiger charge is 2.63. The first kappa shape index (κ1) is 94.0. The summed E-state index contributed by atoms with van der Waals surface area (Å²) in [7, 11) is 0. The number of ether oxygens (including phenoxy) is 3. The quantitative estimate of drug-likeness (QED) is 0.0794. The molecule has 120 heavy (non-hydrogen) atoms. The van der Waals surface area contributed by atoms with Gasteiger partial charge < -0.3 is 58.9 Å². The van der Waals surface area contributed by atoms with E-state index >= 15 is 0 Å². The van der Waals surface area contributed by atoms with Crippen molar-refractivity contribution in [3.05, 3.63) is 88.0 Å². The summed E-state index contributed by atoms with van der Waals surface area (Å²) in [6.07, 6.45) is -42.5. The van der Waals surface area contributed by atoms with Crippen LogP contribution in [0.15, 0.2) is 54.6 Å². The van der Waals surface area contributed by atoms with E-state index in [1.165, 1.54) is 0 Å². The highest BCUT2D eigenvalue weighted by molar-refractivity contribution is 5.71. The van der Waals surface area contributed by atoms with E-state index < -0.39 is 91.6 Å². The maximum Gasteiger partial charge on any atom is 0.434 e. The van der Waals surface area contributed by atoms with Crippen LogP contribution in [0.5, 0.6) is 0 Å². The van der Waals surface area contributed by atoms with Gasteiger partial charge in [0, 0.05) is 167 Å². The second-order valence-electron chi connectivity index (χ2n) is 33.0. The molecule has 3 spiro atoms. The van der Waals surface area contributed by atoms with Gasteiger partial charge in [-0.25, -0.2) is 14.4 Å². The first-order chi connectivity index (χ1) is 56.0. The Morgan fingerprint density at radius 3 is 0.942 bits per heavy atom. The molecule has 9 aliphatic heterocycles. The zero-order chi connectivity index (χ0) is 87.9.